The maximum Gasteiger partial charge on any atom is 0.335 e. The maximum atomic E-state index is 12.0. The molecule has 0 aliphatic rings. The zero-order chi connectivity index (χ0) is 17.7. The van der Waals surface area contributed by atoms with Crippen LogP contribution in [0, 0.1) is 0 Å². The highest BCUT2D eigenvalue weighted by Crippen LogP contribution is 2.10. The van der Waals surface area contributed by atoms with E-state index < -0.39 is 15.8 Å². The molecule has 0 atom stereocenters. The monoisotopic (exact) mass is 347 g/mol. The van der Waals surface area contributed by atoms with Crippen molar-refractivity contribution in [3.05, 3.63) is 65.2 Å². The van der Waals surface area contributed by atoms with Crippen molar-refractivity contribution in [1.82, 2.24) is 5.32 Å². The van der Waals surface area contributed by atoms with Crippen molar-refractivity contribution in [1.29, 1.82) is 0 Å². The van der Waals surface area contributed by atoms with Crippen LogP contribution in [0.3, 0.4) is 0 Å². The lowest BCUT2D eigenvalue weighted by Crippen LogP contribution is -2.25. The van der Waals surface area contributed by atoms with E-state index in [0.717, 1.165) is 11.8 Å². The zero-order valence-electron chi connectivity index (χ0n) is 13.0. The summed E-state index contributed by atoms with van der Waals surface area (Å²) in [6, 6.07) is 12.2. The molecule has 0 spiro atoms. The van der Waals surface area contributed by atoms with E-state index in [1.807, 2.05) is 0 Å². The van der Waals surface area contributed by atoms with Gasteiger partial charge >= 0.3 is 5.97 Å². The number of sulfone groups is 1. The quantitative estimate of drug-likeness (QED) is 0.829. The number of aromatic carboxylic acids is 1. The van der Waals surface area contributed by atoms with Crippen LogP contribution in [0.4, 0.5) is 0 Å². The molecular formula is C17H17NO5S. The molecule has 0 heterocycles. The predicted molar refractivity (Wildman–Crippen MR) is 89.0 cm³/mol. The minimum absolute atomic E-state index is 0.164. The van der Waals surface area contributed by atoms with Gasteiger partial charge in [0, 0.05) is 18.4 Å². The van der Waals surface area contributed by atoms with Gasteiger partial charge in [0.15, 0.2) is 9.84 Å². The first kappa shape index (κ1) is 17.7. The Morgan fingerprint density at radius 1 is 0.958 bits per heavy atom. The molecule has 0 aromatic heterocycles. The van der Waals surface area contributed by atoms with Crippen LogP contribution in [-0.2, 0) is 16.3 Å². The lowest BCUT2D eigenvalue weighted by molar-refractivity contribution is 0.0696. The van der Waals surface area contributed by atoms with E-state index in [9.17, 15) is 18.0 Å². The third-order valence-corrected chi connectivity index (χ3v) is 4.57. The van der Waals surface area contributed by atoms with Gasteiger partial charge in [-0.25, -0.2) is 13.2 Å². The molecular weight excluding hydrogens is 330 g/mol. The minimum atomic E-state index is -3.28. The molecule has 0 fully saturated rings. The third kappa shape index (κ3) is 4.66. The molecule has 0 saturated heterocycles. The average Bonchev–Trinajstić information content (AvgIpc) is 2.54. The number of carbonyl (C=O) groups is 2. The number of benzene rings is 2. The van der Waals surface area contributed by atoms with Gasteiger partial charge in [-0.15, -0.1) is 0 Å². The largest absolute Gasteiger partial charge is 0.478 e. The van der Waals surface area contributed by atoms with Gasteiger partial charge in [-0.1, -0.05) is 12.1 Å². The van der Waals surface area contributed by atoms with Crippen LogP contribution in [0.15, 0.2) is 53.4 Å². The first-order chi connectivity index (χ1) is 11.3. The Morgan fingerprint density at radius 3 is 2.00 bits per heavy atom. The summed E-state index contributed by atoms with van der Waals surface area (Å²) >= 11 is 0. The third-order valence-electron chi connectivity index (χ3n) is 3.44. The van der Waals surface area contributed by atoms with Gasteiger partial charge in [0.1, 0.15) is 0 Å². The fraction of sp³-hybridized carbons (Fsp3) is 0.176. The summed E-state index contributed by atoms with van der Waals surface area (Å²) in [6.45, 7) is 0.388. The van der Waals surface area contributed by atoms with Gasteiger partial charge in [-0.05, 0) is 48.4 Å². The molecule has 0 aliphatic heterocycles. The van der Waals surface area contributed by atoms with Crippen molar-refractivity contribution >= 4 is 21.7 Å². The average molecular weight is 347 g/mol. The first-order valence-corrected chi connectivity index (χ1v) is 9.07. The maximum absolute atomic E-state index is 12.0. The smallest absolute Gasteiger partial charge is 0.335 e. The van der Waals surface area contributed by atoms with Crippen molar-refractivity contribution in [3.8, 4) is 0 Å². The topological polar surface area (TPSA) is 101 Å². The summed E-state index contributed by atoms with van der Waals surface area (Å²) in [5.74, 6) is -1.27. The van der Waals surface area contributed by atoms with Gasteiger partial charge in [0.05, 0.1) is 10.5 Å². The summed E-state index contributed by atoms with van der Waals surface area (Å²) in [4.78, 5) is 22.9. The summed E-state index contributed by atoms with van der Waals surface area (Å²) in [6.07, 6.45) is 1.67. The minimum Gasteiger partial charge on any atom is -0.478 e. The van der Waals surface area contributed by atoms with Gasteiger partial charge < -0.3 is 10.4 Å². The van der Waals surface area contributed by atoms with Crippen LogP contribution < -0.4 is 5.32 Å². The SMILES string of the molecule is CS(=O)(=O)c1ccc(C(=O)NCCc2ccc(C(=O)O)cc2)cc1. The Kier molecular flexibility index (Phi) is 5.35. The summed E-state index contributed by atoms with van der Waals surface area (Å²) < 4.78 is 22.7. The fourth-order valence-corrected chi connectivity index (χ4v) is 2.72. The number of rotatable bonds is 6. The molecule has 24 heavy (non-hydrogen) atoms. The molecule has 6 nitrogen and oxygen atoms in total. The Bertz CT molecular complexity index is 840. The zero-order valence-corrected chi connectivity index (χ0v) is 13.8. The van der Waals surface area contributed by atoms with Crippen LogP contribution in [0.5, 0.6) is 0 Å². The standard InChI is InChI=1S/C17H17NO5S/c1-24(22,23)15-8-6-13(7-9-15)16(19)18-11-10-12-2-4-14(5-3-12)17(20)21/h2-9H,10-11H2,1H3,(H,18,19)(H,20,21). The van der Waals surface area contributed by atoms with Crippen molar-refractivity contribution < 1.29 is 23.1 Å². The number of carboxylic acids is 1. The molecule has 2 aromatic rings. The van der Waals surface area contributed by atoms with Crippen LogP contribution >= 0.6 is 0 Å². The Labute approximate surface area is 140 Å². The van der Waals surface area contributed by atoms with Crippen molar-refractivity contribution in [2.24, 2.45) is 0 Å². The second-order valence-corrected chi connectivity index (χ2v) is 7.32. The number of amides is 1. The lowest BCUT2D eigenvalue weighted by atomic mass is 10.1. The Morgan fingerprint density at radius 2 is 1.50 bits per heavy atom. The molecule has 2 rings (SSSR count). The molecule has 0 radical (unpaired) electrons. The summed E-state index contributed by atoms with van der Waals surface area (Å²) in [7, 11) is -3.28. The number of carboxylic acid groups (broad SMARTS) is 1. The van der Waals surface area contributed by atoms with Crippen molar-refractivity contribution in [3.63, 3.8) is 0 Å². The highest BCUT2D eigenvalue weighted by Gasteiger charge is 2.09. The molecule has 0 unspecified atom stereocenters. The molecule has 7 heteroatoms. The summed E-state index contributed by atoms with van der Waals surface area (Å²) in [5, 5.41) is 11.6. The van der Waals surface area contributed by atoms with Gasteiger partial charge in [-0.2, -0.15) is 0 Å². The second kappa shape index (κ2) is 7.27. The molecule has 2 aromatic carbocycles. The van der Waals surface area contributed by atoms with Crippen molar-refractivity contribution in [2.75, 3.05) is 12.8 Å². The highest BCUT2D eigenvalue weighted by atomic mass is 32.2. The van der Waals surface area contributed by atoms with Crippen LogP contribution in [0.2, 0.25) is 0 Å². The van der Waals surface area contributed by atoms with E-state index in [1.165, 1.54) is 36.4 Å². The molecule has 2 N–H and O–H groups in total. The number of carbonyl (C=O) groups excluding carboxylic acids is 1. The second-order valence-electron chi connectivity index (χ2n) is 5.30. The molecule has 1 amide bonds. The molecule has 0 aliphatic carbocycles. The van der Waals surface area contributed by atoms with Crippen LogP contribution in [0.1, 0.15) is 26.3 Å². The first-order valence-electron chi connectivity index (χ1n) is 7.18. The Hall–Kier alpha value is -2.67. The highest BCUT2D eigenvalue weighted by molar-refractivity contribution is 7.90. The van der Waals surface area contributed by atoms with E-state index in [4.69, 9.17) is 5.11 Å². The van der Waals surface area contributed by atoms with E-state index in [-0.39, 0.29) is 16.4 Å². The predicted octanol–water partition coefficient (Wildman–Crippen LogP) is 1.76. The normalized spacial score (nSPS) is 11.0. The van der Waals surface area contributed by atoms with Gasteiger partial charge in [0.25, 0.3) is 5.91 Å². The number of nitrogens with one attached hydrogen (secondary N) is 1. The van der Waals surface area contributed by atoms with Crippen LogP contribution in [-0.4, -0.2) is 38.2 Å². The van der Waals surface area contributed by atoms with E-state index in [2.05, 4.69) is 5.32 Å². The molecule has 0 saturated carbocycles. The number of hydrogen-bond donors (Lipinski definition) is 2. The van der Waals surface area contributed by atoms with Gasteiger partial charge in [0.2, 0.25) is 0 Å². The van der Waals surface area contributed by atoms with E-state index in [0.29, 0.717) is 18.5 Å². The van der Waals surface area contributed by atoms with E-state index >= 15 is 0 Å². The van der Waals surface area contributed by atoms with Crippen molar-refractivity contribution in [2.45, 2.75) is 11.3 Å². The van der Waals surface area contributed by atoms with Crippen LogP contribution in [0.25, 0.3) is 0 Å². The fourth-order valence-electron chi connectivity index (χ4n) is 2.09. The van der Waals surface area contributed by atoms with E-state index in [1.54, 1.807) is 12.1 Å². The summed E-state index contributed by atoms with van der Waals surface area (Å²) in [5.41, 5.74) is 1.50. The van der Waals surface area contributed by atoms with Gasteiger partial charge in [-0.3, -0.25) is 4.79 Å². The molecule has 126 valence electrons. The number of hydrogen-bond acceptors (Lipinski definition) is 4. The molecule has 0 bridgehead atoms. The lowest BCUT2D eigenvalue weighted by Gasteiger charge is -2.06. The Balaban J connectivity index is 1.90.